The Morgan fingerprint density at radius 1 is 0.765 bits per heavy atom. The summed E-state index contributed by atoms with van der Waals surface area (Å²) in [4.78, 5) is 5.57. The Hall–Kier alpha value is -0.340. The number of fused-ring (bicyclic) bond motifs is 1. The maximum absolute atomic E-state index is 2.81. The first kappa shape index (κ1) is 11.7. The molecule has 0 spiro atoms. The van der Waals surface area contributed by atoms with Crippen LogP contribution in [0.3, 0.4) is 0 Å². The number of piperidine rings is 1. The third-order valence-corrected chi connectivity index (χ3v) is 4.84. The quantitative estimate of drug-likeness (QED) is 0.644. The average Bonchev–Trinajstić information content (AvgIpc) is 2.62. The summed E-state index contributed by atoms with van der Waals surface area (Å²) in [6, 6.07) is 1.72. The number of hydrogen-bond acceptors (Lipinski definition) is 2. The molecular formula is C15H26N2. The zero-order chi connectivity index (χ0) is 11.5. The van der Waals surface area contributed by atoms with Gasteiger partial charge in [-0.15, -0.1) is 0 Å². The van der Waals surface area contributed by atoms with E-state index in [9.17, 15) is 0 Å². The van der Waals surface area contributed by atoms with Gasteiger partial charge in [0.2, 0.25) is 0 Å². The molecule has 2 unspecified atom stereocenters. The second-order valence-electron chi connectivity index (χ2n) is 5.97. The normalized spacial score (nSPS) is 36.5. The van der Waals surface area contributed by atoms with Gasteiger partial charge in [0.15, 0.2) is 0 Å². The Morgan fingerprint density at radius 2 is 1.65 bits per heavy atom. The molecule has 17 heavy (non-hydrogen) atoms. The van der Waals surface area contributed by atoms with E-state index in [4.69, 9.17) is 0 Å². The van der Waals surface area contributed by atoms with E-state index in [1.165, 1.54) is 71.1 Å². The van der Waals surface area contributed by atoms with Crippen molar-refractivity contribution in [3.8, 4) is 0 Å². The van der Waals surface area contributed by atoms with Crippen LogP contribution in [-0.4, -0.2) is 48.1 Å². The monoisotopic (exact) mass is 234 g/mol. The molecule has 3 rings (SSSR count). The molecular weight excluding hydrogens is 208 g/mol. The molecule has 0 aromatic rings. The summed E-state index contributed by atoms with van der Waals surface area (Å²) in [5.41, 5.74) is 0. The topological polar surface area (TPSA) is 6.48 Å². The molecule has 0 radical (unpaired) electrons. The average molecular weight is 234 g/mol. The van der Waals surface area contributed by atoms with Crippen molar-refractivity contribution in [2.24, 2.45) is 0 Å². The van der Waals surface area contributed by atoms with E-state index >= 15 is 0 Å². The Labute approximate surface area is 106 Å². The molecule has 0 aromatic heterocycles. The summed E-state index contributed by atoms with van der Waals surface area (Å²) >= 11 is 0. The fourth-order valence-corrected chi connectivity index (χ4v) is 3.84. The SMILES string of the molecule is C1=CCC(N2CCCN3CCCCC3C2)CC1. The van der Waals surface area contributed by atoms with Crippen molar-refractivity contribution >= 4 is 0 Å². The Morgan fingerprint density at radius 3 is 2.53 bits per heavy atom. The van der Waals surface area contributed by atoms with Gasteiger partial charge in [0.1, 0.15) is 0 Å². The van der Waals surface area contributed by atoms with Crippen LogP contribution in [-0.2, 0) is 0 Å². The summed E-state index contributed by atoms with van der Waals surface area (Å²) in [7, 11) is 0. The number of nitrogens with zero attached hydrogens (tertiary/aromatic N) is 2. The van der Waals surface area contributed by atoms with E-state index in [0.29, 0.717) is 0 Å². The lowest BCUT2D eigenvalue weighted by Gasteiger charge is -2.38. The highest BCUT2D eigenvalue weighted by molar-refractivity contribution is 4.95. The molecule has 2 saturated heterocycles. The van der Waals surface area contributed by atoms with Crippen LogP contribution in [0.1, 0.15) is 44.9 Å². The minimum Gasteiger partial charge on any atom is -0.299 e. The fourth-order valence-electron chi connectivity index (χ4n) is 3.84. The smallest absolute Gasteiger partial charge is 0.0223 e. The Balaban J connectivity index is 1.63. The summed E-state index contributed by atoms with van der Waals surface area (Å²) < 4.78 is 0. The molecule has 2 atom stereocenters. The standard InChI is InChI=1S/C15H26N2/c1-2-7-14(8-3-1)17-12-6-11-16-10-5-4-9-15(16)13-17/h1-2,14-15H,3-13H2. The van der Waals surface area contributed by atoms with Crippen LogP contribution in [0, 0.1) is 0 Å². The van der Waals surface area contributed by atoms with Gasteiger partial charge in [-0.2, -0.15) is 0 Å². The van der Waals surface area contributed by atoms with Crippen molar-refractivity contribution in [1.29, 1.82) is 0 Å². The van der Waals surface area contributed by atoms with Crippen molar-refractivity contribution in [2.75, 3.05) is 26.2 Å². The summed E-state index contributed by atoms with van der Waals surface area (Å²) in [5, 5.41) is 0. The van der Waals surface area contributed by atoms with E-state index in [1.807, 2.05) is 0 Å². The van der Waals surface area contributed by atoms with Crippen molar-refractivity contribution in [2.45, 2.75) is 57.0 Å². The second kappa shape index (κ2) is 5.53. The Bertz CT molecular complexity index is 274. The summed E-state index contributed by atoms with van der Waals surface area (Å²) in [6.45, 7) is 5.40. The number of allylic oxidation sites excluding steroid dienone is 1. The van der Waals surface area contributed by atoms with Crippen LogP contribution >= 0.6 is 0 Å². The van der Waals surface area contributed by atoms with Crippen LogP contribution in [0.5, 0.6) is 0 Å². The van der Waals surface area contributed by atoms with Crippen molar-refractivity contribution in [1.82, 2.24) is 9.80 Å². The van der Waals surface area contributed by atoms with Crippen LogP contribution in [0.4, 0.5) is 0 Å². The lowest BCUT2D eigenvalue weighted by molar-refractivity contribution is 0.116. The minimum atomic E-state index is 0.849. The summed E-state index contributed by atoms with van der Waals surface area (Å²) in [6.07, 6.45) is 14.5. The molecule has 2 heterocycles. The maximum Gasteiger partial charge on any atom is 0.0223 e. The van der Waals surface area contributed by atoms with Crippen LogP contribution in [0.15, 0.2) is 12.2 Å². The molecule has 2 aliphatic heterocycles. The first-order valence-corrected chi connectivity index (χ1v) is 7.56. The molecule has 0 aromatic carbocycles. The number of hydrogen-bond donors (Lipinski definition) is 0. The van der Waals surface area contributed by atoms with E-state index in [2.05, 4.69) is 22.0 Å². The molecule has 0 bridgehead atoms. The molecule has 2 fully saturated rings. The lowest BCUT2D eigenvalue weighted by atomic mass is 9.98. The van der Waals surface area contributed by atoms with E-state index in [0.717, 1.165) is 12.1 Å². The van der Waals surface area contributed by atoms with Crippen LogP contribution in [0.25, 0.3) is 0 Å². The molecule has 2 heteroatoms. The van der Waals surface area contributed by atoms with Gasteiger partial charge in [0, 0.05) is 18.6 Å². The van der Waals surface area contributed by atoms with Gasteiger partial charge in [-0.05, 0) is 58.2 Å². The van der Waals surface area contributed by atoms with Gasteiger partial charge in [0.25, 0.3) is 0 Å². The van der Waals surface area contributed by atoms with Crippen molar-refractivity contribution in [3.05, 3.63) is 12.2 Å². The molecule has 0 N–H and O–H groups in total. The van der Waals surface area contributed by atoms with Crippen LogP contribution < -0.4 is 0 Å². The first-order chi connectivity index (χ1) is 8.43. The van der Waals surface area contributed by atoms with Crippen LogP contribution in [0.2, 0.25) is 0 Å². The lowest BCUT2D eigenvalue weighted by Crippen LogP contribution is -2.46. The van der Waals surface area contributed by atoms with Gasteiger partial charge in [0.05, 0.1) is 0 Å². The van der Waals surface area contributed by atoms with E-state index < -0.39 is 0 Å². The van der Waals surface area contributed by atoms with Gasteiger partial charge >= 0.3 is 0 Å². The van der Waals surface area contributed by atoms with E-state index in [-0.39, 0.29) is 0 Å². The molecule has 3 aliphatic rings. The zero-order valence-corrected chi connectivity index (χ0v) is 11.0. The third-order valence-electron chi connectivity index (χ3n) is 4.84. The van der Waals surface area contributed by atoms with Gasteiger partial charge < -0.3 is 0 Å². The largest absolute Gasteiger partial charge is 0.299 e. The second-order valence-corrected chi connectivity index (χ2v) is 5.97. The molecule has 2 nitrogen and oxygen atoms in total. The third kappa shape index (κ3) is 2.74. The van der Waals surface area contributed by atoms with Gasteiger partial charge in [-0.25, -0.2) is 0 Å². The molecule has 96 valence electrons. The number of rotatable bonds is 1. The highest BCUT2D eigenvalue weighted by Crippen LogP contribution is 2.25. The molecule has 0 saturated carbocycles. The van der Waals surface area contributed by atoms with Crippen molar-refractivity contribution in [3.63, 3.8) is 0 Å². The first-order valence-electron chi connectivity index (χ1n) is 7.56. The van der Waals surface area contributed by atoms with Gasteiger partial charge in [-0.1, -0.05) is 18.6 Å². The zero-order valence-electron chi connectivity index (χ0n) is 11.0. The highest BCUT2D eigenvalue weighted by Gasteiger charge is 2.29. The highest BCUT2D eigenvalue weighted by atomic mass is 15.3. The maximum atomic E-state index is 2.81. The molecule has 0 amide bonds. The van der Waals surface area contributed by atoms with E-state index in [1.54, 1.807) is 0 Å². The predicted molar refractivity (Wildman–Crippen MR) is 72.2 cm³/mol. The summed E-state index contributed by atoms with van der Waals surface area (Å²) in [5.74, 6) is 0. The minimum absolute atomic E-state index is 0.849. The molecule has 1 aliphatic carbocycles. The fraction of sp³-hybridized carbons (Fsp3) is 0.867. The van der Waals surface area contributed by atoms with Crippen molar-refractivity contribution < 1.29 is 0 Å². The Kier molecular flexibility index (Phi) is 3.82. The van der Waals surface area contributed by atoms with Gasteiger partial charge in [-0.3, -0.25) is 9.80 Å². The predicted octanol–water partition coefficient (Wildman–Crippen LogP) is 2.66.